The number of rotatable bonds is 3. The SMILES string of the molecule is CC1(C(=O)O)CCCC1NC(=O)Nc1ccccc1N. The Morgan fingerprint density at radius 3 is 2.75 bits per heavy atom. The Balaban J connectivity index is 2.02. The molecule has 5 N–H and O–H groups in total. The lowest BCUT2D eigenvalue weighted by atomic mass is 9.85. The van der Waals surface area contributed by atoms with Gasteiger partial charge in [0.2, 0.25) is 0 Å². The van der Waals surface area contributed by atoms with Gasteiger partial charge in [0, 0.05) is 6.04 Å². The lowest BCUT2D eigenvalue weighted by molar-refractivity contribution is -0.148. The summed E-state index contributed by atoms with van der Waals surface area (Å²) in [6, 6.07) is 6.12. The quantitative estimate of drug-likeness (QED) is 0.634. The average Bonchev–Trinajstić information content (AvgIpc) is 2.75. The van der Waals surface area contributed by atoms with Gasteiger partial charge in [0.05, 0.1) is 16.8 Å². The van der Waals surface area contributed by atoms with E-state index >= 15 is 0 Å². The maximum atomic E-state index is 12.0. The van der Waals surface area contributed by atoms with Crippen LogP contribution >= 0.6 is 0 Å². The molecule has 108 valence electrons. The number of benzene rings is 1. The number of aliphatic carboxylic acids is 1. The number of carboxylic acid groups (broad SMARTS) is 1. The highest BCUT2D eigenvalue weighted by atomic mass is 16.4. The maximum Gasteiger partial charge on any atom is 0.319 e. The number of carbonyl (C=O) groups is 2. The molecule has 0 aromatic heterocycles. The Morgan fingerprint density at radius 1 is 1.40 bits per heavy atom. The van der Waals surface area contributed by atoms with Crippen LogP contribution in [0.1, 0.15) is 26.2 Å². The van der Waals surface area contributed by atoms with Gasteiger partial charge in [-0.25, -0.2) is 4.79 Å². The van der Waals surface area contributed by atoms with E-state index in [1.165, 1.54) is 0 Å². The number of hydrogen-bond donors (Lipinski definition) is 4. The summed E-state index contributed by atoms with van der Waals surface area (Å²) in [5, 5.41) is 14.7. The van der Waals surface area contributed by atoms with Gasteiger partial charge in [-0.3, -0.25) is 4.79 Å². The van der Waals surface area contributed by atoms with Crippen LogP contribution < -0.4 is 16.4 Å². The van der Waals surface area contributed by atoms with Crippen molar-refractivity contribution in [3.05, 3.63) is 24.3 Å². The lowest BCUT2D eigenvalue weighted by Gasteiger charge is -2.27. The van der Waals surface area contributed by atoms with Crippen LogP contribution in [-0.4, -0.2) is 23.1 Å². The Bertz CT molecular complexity index is 532. The first-order valence-electron chi connectivity index (χ1n) is 6.59. The second kappa shape index (κ2) is 5.40. The van der Waals surface area contributed by atoms with Crippen molar-refractivity contribution in [3.8, 4) is 0 Å². The van der Waals surface area contributed by atoms with Crippen molar-refractivity contribution >= 4 is 23.4 Å². The van der Waals surface area contributed by atoms with Gasteiger partial charge in [-0.1, -0.05) is 18.6 Å². The van der Waals surface area contributed by atoms with Crippen molar-refractivity contribution in [3.63, 3.8) is 0 Å². The number of nitrogens with two attached hydrogens (primary N) is 1. The largest absolute Gasteiger partial charge is 0.481 e. The molecule has 6 heteroatoms. The van der Waals surface area contributed by atoms with E-state index in [0.29, 0.717) is 24.2 Å². The zero-order valence-corrected chi connectivity index (χ0v) is 11.3. The first-order chi connectivity index (χ1) is 9.43. The molecule has 1 aromatic carbocycles. The second-order valence-corrected chi connectivity index (χ2v) is 5.35. The number of anilines is 2. The molecule has 0 aliphatic heterocycles. The number of hydrogen-bond acceptors (Lipinski definition) is 3. The van der Waals surface area contributed by atoms with Crippen LogP contribution in [0.25, 0.3) is 0 Å². The van der Waals surface area contributed by atoms with Crippen LogP contribution in [0.3, 0.4) is 0 Å². The Labute approximate surface area is 117 Å². The molecule has 1 saturated carbocycles. The minimum absolute atomic E-state index is 0.370. The van der Waals surface area contributed by atoms with Crippen molar-refractivity contribution in [2.75, 3.05) is 11.1 Å². The van der Waals surface area contributed by atoms with Crippen LogP contribution in [0.2, 0.25) is 0 Å². The third-order valence-corrected chi connectivity index (χ3v) is 3.96. The van der Waals surface area contributed by atoms with E-state index in [1.807, 2.05) is 0 Å². The summed E-state index contributed by atoms with van der Waals surface area (Å²) < 4.78 is 0. The van der Waals surface area contributed by atoms with Gasteiger partial charge in [-0.2, -0.15) is 0 Å². The van der Waals surface area contributed by atoms with E-state index in [1.54, 1.807) is 31.2 Å². The van der Waals surface area contributed by atoms with E-state index in [9.17, 15) is 14.7 Å². The van der Waals surface area contributed by atoms with E-state index in [0.717, 1.165) is 6.42 Å². The Hall–Kier alpha value is -2.24. The Morgan fingerprint density at radius 2 is 2.10 bits per heavy atom. The lowest BCUT2D eigenvalue weighted by Crippen LogP contribution is -2.48. The third-order valence-electron chi connectivity index (χ3n) is 3.96. The number of para-hydroxylation sites is 2. The van der Waals surface area contributed by atoms with E-state index in [2.05, 4.69) is 10.6 Å². The van der Waals surface area contributed by atoms with Gasteiger partial charge in [-0.05, 0) is 31.9 Å². The molecule has 1 aliphatic rings. The summed E-state index contributed by atoms with van der Waals surface area (Å²) >= 11 is 0. The van der Waals surface area contributed by atoms with Crippen LogP contribution in [0, 0.1) is 5.41 Å². The summed E-state index contributed by atoms with van der Waals surface area (Å²) in [7, 11) is 0. The van der Waals surface area contributed by atoms with Crippen LogP contribution in [-0.2, 0) is 4.79 Å². The Kier molecular flexibility index (Phi) is 3.83. The fourth-order valence-electron chi connectivity index (χ4n) is 2.58. The van der Waals surface area contributed by atoms with Crippen molar-refractivity contribution < 1.29 is 14.7 Å². The molecular formula is C14H19N3O3. The molecule has 1 fully saturated rings. The smallest absolute Gasteiger partial charge is 0.319 e. The monoisotopic (exact) mass is 277 g/mol. The third kappa shape index (κ3) is 2.68. The number of nitrogens with one attached hydrogen (secondary N) is 2. The van der Waals surface area contributed by atoms with E-state index < -0.39 is 17.4 Å². The second-order valence-electron chi connectivity index (χ2n) is 5.35. The molecular weight excluding hydrogens is 258 g/mol. The van der Waals surface area contributed by atoms with Gasteiger partial charge in [0.25, 0.3) is 0 Å². The molecule has 0 radical (unpaired) electrons. The zero-order valence-electron chi connectivity index (χ0n) is 11.3. The first kappa shape index (κ1) is 14.2. The zero-order chi connectivity index (χ0) is 14.8. The standard InChI is InChI=1S/C14H19N3O3/c1-14(12(18)19)8-4-7-11(14)17-13(20)16-10-6-3-2-5-9(10)15/h2-3,5-6,11H,4,7-8,15H2,1H3,(H,18,19)(H2,16,17,20). The van der Waals surface area contributed by atoms with E-state index in [4.69, 9.17) is 5.73 Å². The number of carbonyl (C=O) groups excluding carboxylic acids is 1. The molecule has 6 nitrogen and oxygen atoms in total. The minimum atomic E-state index is -0.903. The van der Waals surface area contributed by atoms with Crippen molar-refractivity contribution in [1.29, 1.82) is 0 Å². The number of urea groups is 1. The summed E-state index contributed by atoms with van der Waals surface area (Å²) in [6.45, 7) is 1.67. The molecule has 2 unspecified atom stereocenters. The number of nitrogen functional groups attached to an aromatic ring is 1. The van der Waals surface area contributed by atoms with Gasteiger partial charge < -0.3 is 21.5 Å². The molecule has 0 spiro atoms. The van der Waals surface area contributed by atoms with Crippen LogP contribution in [0.4, 0.5) is 16.2 Å². The average molecular weight is 277 g/mol. The van der Waals surface area contributed by atoms with Crippen molar-refractivity contribution in [2.45, 2.75) is 32.2 Å². The predicted octanol–water partition coefficient (Wildman–Crippen LogP) is 2.03. The highest BCUT2D eigenvalue weighted by Crippen LogP contribution is 2.38. The molecule has 2 amide bonds. The van der Waals surface area contributed by atoms with Gasteiger partial charge in [0.1, 0.15) is 0 Å². The van der Waals surface area contributed by atoms with Crippen molar-refractivity contribution in [2.24, 2.45) is 5.41 Å². The molecule has 2 atom stereocenters. The molecule has 0 saturated heterocycles. The molecule has 1 aliphatic carbocycles. The fraction of sp³-hybridized carbons (Fsp3) is 0.429. The minimum Gasteiger partial charge on any atom is -0.481 e. The van der Waals surface area contributed by atoms with Crippen LogP contribution in [0.15, 0.2) is 24.3 Å². The number of carboxylic acids is 1. The molecule has 0 bridgehead atoms. The normalized spacial score (nSPS) is 25.1. The fourth-order valence-corrected chi connectivity index (χ4v) is 2.58. The predicted molar refractivity (Wildman–Crippen MR) is 76.4 cm³/mol. The van der Waals surface area contributed by atoms with Gasteiger partial charge in [0.15, 0.2) is 0 Å². The molecule has 20 heavy (non-hydrogen) atoms. The first-order valence-corrected chi connectivity index (χ1v) is 6.59. The van der Waals surface area contributed by atoms with Crippen molar-refractivity contribution in [1.82, 2.24) is 5.32 Å². The maximum absolute atomic E-state index is 12.0. The number of amides is 2. The highest BCUT2D eigenvalue weighted by molar-refractivity contribution is 5.93. The summed E-state index contributed by atoms with van der Waals surface area (Å²) in [5.41, 5.74) is 5.82. The highest BCUT2D eigenvalue weighted by Gasteiger charge is 2.45. The summed E-state index contributed by atoms with van der Waals surface area (Å²) in [4.78, 5) is 23.3. The molecule has 1 aromatic rings. The molecule has 2 rings (SSSR count). The topological polar surface area (TPSA) is 104 Å². The summed E-state index contributed by atoms with van der Waals surface area (Å²) in [5.74, 6) is -0.875. The van der Waals surface area contributed by atoms with Crippen LogP contribution in [0.5, 0.6) is 0 Å². The van der Waals surface area contributed by atoms with Gasteiger partial charge in [-0.15, -0.1) is 0 Å². The van der Waals surface area contributed by atoms with E-state index in [-0.39, 0.29) is 6.04 Å². The van der Waals surface area contributed by atoms with Gasteiger partial charge >= 0.3 is 12.0 Å². The summed E-state index contributed by atoms with van der Waals surface area (Å²) in [6.07, 6.45) is 2.03. The molecule has 0 heterocycles.